The lowest BCUT2D eigenvalue weighted by Crippen LogP contribution is -2.29. The van der Waals surface area contributed by atoms with E-state index in [0.29, 0.717) is 5.92 Å². The Bertz CT molecular complexity index is 161. The SMILES string of the molecule is C=C=CC1CCNCCCCNC1. The van der Waals surface area contributed by atoms with Gasteiger partial charge in [0.25, 0.3) is 0 Å². The monoisotopic (exact) mass is 180 g/mol. The van der Waals surface area contributed by atoms with Crippen LogP contribution in [0.15, 0.2) is 18.4 Å². The van der Waals surface area contributed by atoms with Crippen LogP contribution in [0, 0.1) is 5.92 Å². The van der Waals surface area contributed by atoms with Gasteiger partial charge in [0.15, 0.2) is 0 Å². The van der Waals surface area contributed by atoms with E-state index in [2.05, 4.69) is 29.0 Å². The molecule has 0 aromatic rings. The Morgan fingerprint density at radius 2 is 1.92 bits per heavy atom. The average molecular weight is 180 g/mol. The second kappa shape index (κ2) is 6.90. The molecule has 0 spiro atoms. The molecule has 2 heteroatoms. The molecule has 0 aromatic carbocycles. The highest BCUT2D eigenvalue weighted by Gasteiger charge is 2.05. The van der Waals surface area contributed by atoms with Crippen molar-refractivity contribution >= 4 is 0 Å². The summed E-state index contributed by atoms with van der Waals surface area (Å²) in [5, 5.41) is 6.91. The number of hydrogen-bond donors (Lipinski definition) is 2. The standard InChI is InChI=1S/C11H20N2/c1-2-5-11-6-9-12-7-3-4-8-13-10-11/h5,11-13H,1,3-4,6-10H2. The van der Waals surface area contributed by atoms with Gasteiger partial charge >= 0.3 is 0 Å². The molecule has 1 saturated heterocycles. The molecule has 13 heavy (non-hydrogen) atoms. The van der Waals surface area contributed by atoms with Crippen LogP contribution in [0.1, 0.15) is 19.3 Å². The molecule has 0 bridgehead atoms. The second-order valence-electron chi connectivity index (χ2n) is 3.58. The Kier molecular flexibility index (Phi) is 5.59. The van der Waals surface area contributed by atoms with Crippen LogP contribution in [0.4, 0.5) is 0 Å². The Morgan fingerprint density at radius 1 is 1.15 bits per heavy atom. The van der Waals surface area contributed by atoms with Gasteiger partial charge in [0.05, 0.1) is 0 Å². The van der Waals surface area contributed by atoms with Crippen molar-refractivity contribution < 1.29 is 0 Å². The van der Waals surface area contributed by atoms with E-state index in [1.54, 1.807) is 0 Å². The lowest BCUT2D eigenvalue weighted by atomic mass is 10.0. The molecule has 1 fully saturated rings. The number of hydrogen-bond acceptors (Lipinski definition) is 2. The molecule has 1 atom stereocenters. The van der Waals surface area contributed by atoms with Crippen molar-refractivity contribution in [2.75, 3.05) is 26.2 Å². The predicted molar refractivity (Wildman–Crippen MR) is 56.8 cm³/mol. The maximum atomic E-state index is 3.62. The highest BCUT2D eigenvalue weighted by atomic mass is 14.9. The van der Waals surface area contributed by atoms with Crippen molar-refractivity contribution in [2.24, 2.45) is 5.92 Å². The van der Waals surface area contributed by atoms with Crippen molar-refractivity contribution in [3.05, 3.63) is 18.4 Å². The summed E-state index contributed by atoms with van der Waals surface area (Å²) in [7, 11) is 0. The molecule has 1 unspecified atom stereocenters. The Balaban J connectivity index is 2.30. The van der Waals surface area contributed by atoms with Crippen LogP contribution < -0.4 is 10.6 Å². The van der Waals surface area contributed by atoms with Crippen LogP contribution in [0.2, 0.25) is 0 Å². The molecule has 1 heterocycles. The van der Waals surface area contributed by atoms with Crippen LogP contribution in [0.3, 0.4) is 0 Å². The van der Waals surface area contributed by atoms with Gasteiger partial charge < -0.3 is 10.6 Å². The summed E-state index contributed by atoms with van der Waals surface area (Å²) in [4.78, 5) is 0. The lowest BCUT2D eigenvalue weighted by Gasteiger charge is -2.15. The van der Waals surface area contributed by atoms with E-state index in [0.717, 1.165) is 26.2 Å². The fraction of sp³-hybridized carbons (Fsp3) is 0.727. The number of rotatable bonds is 1. The fourth-order valence-electron chi connectivity index (χ4n) is 1.61. The Hall–Kier alpha value is -0.560. The maximum absolute atomic E-state index is 3.62. The third-order valence-electron chi connectivity index (χ3n) is 2.41. The highest BCUT2D eigenvalue weighted by molar-refractivity contribution is 4.86. The van der Waals surface area contributed by atoms with Crippen molar-refractivity contribution in [3.63, 3.8) is 0 Å². The number of nitrogens with one attached hydrogen (secondary N) is 2. The molecule has 1 aliphatic heterocycles. The zero-order valence-corrected chi connectivity index (χ0v) is 8.31. The van der Waals surface area contributed by atoms with E-state index < -0.39 is 0 Å². The summed E-state index contributed by atoms with van der Waals surface area (Å²) < 4.78 is 0. The van der Waals surface area contributed by atoms with Crippen LogP contribution in [0.25, 0.3) is 0 Å². The van der Waals surface area contributed by atoms with E-state index in [1.807, 2.05) is 0 Å². The average Bonchev–Trinajstić information content (AvgIpc) is 2.16. The van der Waals surface area contributed by atoms with Gasteiger partial charge in [0.1, 0.15) is 0 Å². The summed E-state index contributed by atoms with van der Waals surface area (Å²) in [6.07, 6.45) is 5.83. The van der Waals surface area contributed by atoms with E-state index in [-0.39, 0.29) is 0 Å². The summed E-state index contributed by atoms with van der Waals surface area (Å²) in [5.74, 6) is 0.600. The maximum Gasteiger partial charge on any atom is 0.00208 e. The summed E-state index contributed by atoms with van der Waals surface area (Å²) in [6, 6.07) is 0. The van der Waals surface area contributed by atoms with Crippen LogP contribution in [-0.2, 0) is 0 Å². The van der Waals surface area contributed by atoms with Crippen LogP contribution in [0.5, 0.6) is 0 Å². The zero-order chi connectivity index (χ0) is 9.36. The van der Waals surface area contributed by atoms with E-state index in [9.17, 15) is 0 Å². The summed E-state index contributed by atoms with van der Waals surface area (Å²) in [6.45, 7) is 8.11. The van der Waals surface area contributed by atoms with Crippen molar-refractivity contribution in [1.29, 1.82) is 0 Å². The normalized spacial score (nSPS) is 26.0. The zero-order valence-electron chi connectivity index (χ0n) is 8.31. The van der Waals surface area contributed by atoms with Gasteiger partial charge in [0, 0.05) is 6.54 Å². The van der Waals surface area contributed by atoms with Crippen LogP contribution in [-0.4, -0.2) is 26.2 Å². The molecular weight excluding hydrogens is 160 g/mol. The Morgan fingerprint density at radius 3 is 2.69 bits per heavy atom. The topological polar surface area (TPSA) is 24.1 Å². The van der Waals surface area contributed by atoms with Crippen molar-refractivity contribution in [3.8, 4) is 0 Å². The first kappa shape index (κ1) is 10.5. The minimum absolute atomic E-state index is 0.600. The predicted octanol–water partition coefficient (Wildman–Crippen LogP) is 1.31. The molecule has 1 aliphatic rings. The molecule has 2 nitrogen and oxygen atoms in total. The van der Waals surface area contributed by atoms with Gasteiger partial charge in [-0.1, -0.05) is 6.58 Å². The van der Waals surface area contributed by atoms with Gasteiger partial charge in [-0.05, 0) is 50.9 Å². The molecule has 0 saturated carbocycles. The van der Waals surface area contributed by atoms with E-state index >= 15 is 0 Å². The molecule has 2 N–H and O–H groups in total. The van der Waals surface area contributed by atoms with Crippen LogP contribution >= 0.6 is 0 Å². The molecule has 0 aromatic heterocycles. The fourth-order valence-corrected chi connectivity index (χ4v) is 1.61. The van der Waals surface area contributed by atoms with E-state index in [1.165, 1.54) is 19.3 Å². The molecule has 1 rings (SSSR count). The molecule has 0 amide bonds. The minimum Gasteiger partial charge on any atom is -0.317 e. The lowest BCUT2D eigenvalue weighted by molar-refractivity contribution is 0.466. The second-order valence-corrected chi connectivity index (χ2v) is 3.58. The quantitative estimate of drug-likeness (QED) is 0.594. The van der Waals surface area contributed by atoms with Gasteiger partial charge in [-0.25, -0.2) is 0 Å². The van der Waals surface area contributed by atoms with Gasteiger partial charge in [0.2, 0.25) is 0 Å². The van der Waals surface area contributed by atoms with Gasteiger partial charge in [-0.2, -0.15) is 0 Å². The molecule has 0 radical (unpaired) electrons. The van der Waals surface area contributed by atoms with Crippen molar-refractivity contribution in [1.82, 2.24) is 10.6 Å². The van der Waals surface area contributed by atoms with Gasteiger partial charge in [-0.15, -0.1) is 5.73 Å². The highest BCUT2D eigenvalue weighted by Crippen LogP contribution is 2.03. The first-order chi connectivity index (χ1) is 6.43. The summed E-state index contributed by atoms with van der Waals surface area (Å²) in [5.41, 5.74) is 2.88. The molecule has 0 aliphatic carbocycles. The summed E-state index contributed by atoms with van der Waals surface area (Å²) >= 11 is 0. The Labute approximate surface area is 81.1 Å². The van der Waals surface area contributed by atoms with Gasteiger partial charge in [-0.3, -0.25) is 0 Å². The largest absolute Gasteiger partial charge is 0.317 e. The third kappa shape index (κ3) is 4.89. The third-order valence-corrected chi connectivity index (χ3v) is 2.41. The molecular formula is C11H20N2. The minimum atomic E-state index is 0.600. The van der Waals surface area contributed by atoms with Crippen molar-refractivity contribution in [2.45, 2.75) is 19.3 Å². The first-order valence-corrected chi connectivity index (χ1v) is 5.21. The first-order valence-electron chi connectivity index (χ1n) is 5.21. The molecule has 74 valence electrons. The smallest absolute Gasteiger partial charge is 0.00208 e. The van der Waals surface area contributed by atoms with E-state index in [4.69, 9.17) is 0 Å².